The van der Waals surface area contributed by atoms with Gasteiger partial charge in [0.25, 0.3) is 0 Å². The molecule has 2 rings (SSSR count). The molecule has 0 aliphatic heterocycles. The summed E-state index contributed by atoms with van der Waals surface area (Å²) in [6.45, 7) is 3.84. The minimum absolute atomic E-state index is 0.0437. The third-order valence-electron chi connectivity index (χ3n) is 2.79. The topological polar surface area (TPSA) is 119 Å². The Morgan fingerprint density at radius 1 is 1.25 bits per heavy atom. The second-order valence-corrected chi connectivity index (χ2v) is 4.26. The van der Waals surface area contributed by atoms with Gasteiger partial charge in [-0.3, -0.25) is 10.1 Å². The van der Waals surface area contributed by atoms with Crippen LogP contribution in [0.25, 0.3) is 0 Å². The zero-order valence-corrected chi connectivity index (χ0v) is 11.0. The number of nitrogens with zero attached hydrogens (tertiary/aromatic N) is 3. The molecular weight excluding hydrogens is 260 g/mol. The molecule has 1 heterocycles. The van der Waals surface area contributed by atoms with Gasteiger partial charge < -0.3 is 10.7 Å². The summed E-state index contributed by atoms with van der Waals surface area (Å²) in [6.07, 6.45) is 1.20. The average molecular weight is 274 g/mol. The maximum atomic E-state index is 11.1. The lowest BCUT2D eigenvalue weighted by molar-refractivity contribution is -0.383. The van der Waals surface area contributed by atoms with Crippen LogP contribution in [0.2, 0.25) is 0 Å². The number of rotatable bonds is 4. The Morgan fingerprint density at radius 2 is 1.95 bits per heavy atom. The number of nitrogen functional groups attached to an aromatic ring is 1. The number of nitrogens with one attached hydrogen (secondary N) is 2. The number of nitro groups is 1. The van der Waals surface area contributed by atoms with Crippen molar-refractivity contribution >= 4 is 23.0 Å². The van der Waals surface area contributed by atoms with E-state index >= 15 is 0 Å². The van der Waals surface area contributed by atoms with Crippen molar-refractivity contribution in [1.82, 2.24) is 9.97 Å². The molecular formula is C12H14N6O2. The molecule has 0 radical (unpaired) electrons. The highest BCUT2D eigenvalue weighted by Gasteiger charge is 2.22. The molecule has 1 aromatic heterocycles. The first-order valence-electron chi connectivity index (χ1n) is 5.83. The molecule has 8 heteroatoms. The number of hydrazine groups is 1. The predicted molar refractivity (Wildman–Crippen MR) is 75.7 cm³/mol. The Balaban J connectivity index is 2.48. The van der Waals surface area contributed by atoms with Crippen LogP contribution in [0, 0.1) is 24.0 Å². The SMILES string of the molecule is Cc1ccc(C)c(Nc2ncnc(NN)c2[N+](=O)[O-])c1. The molecule has 104 valence electrons. The van der Waals surface area contributed by atoms with Crippen LogP contribution >= 0.6 is 0 Å². The maximum Gasteiger partial charge on any atom is 0.354 e. The van der Waals surface area contributed by atoms with E-state index in [1.54, 1.807) is 0 Å². The van der Waals surface area contributed by atoms with E-state index in [1.807, 2.05) is 32.0 Å². The van der Waals surface area contributed by atoms with Crippen LogP contribution < -0.4 is 16.6 Å². The van der Waals surface area contributed by atoms with Gasteiger partial charge in [-0.15, -0.1) is 0 Å². The van der Waals surface area contributed by atoms with Crippen LogP contribution in [-0.2, 0) is 0 Å². The van der Waals surface area contributed by atoms with Crippen molar-refractivity contribution < 1.29 is 4.92 Å². The molecule has 0 aliphatic rings. The lowest BCUT2D eigenvalue weighted by Gasteiger charge is -2.11. The molecule has 0 saturated carbocycles. The third-order valence-corrected chi connectivity index (χ3v) is 2.79. The number of anilines is 3. The number of aromatic nitrogens is 2. The molecule has 0 aliphatic carbocycles. The molecule has 0 fully saturated rings. The Hall–Kier alpha value is -2.74. The molecule has 0 amide bonds. The van der Waals surface area contributed by atoms with Crippen LogP contribution in [0.3, 0.4) is 0 Å². The fourth-order valence-electron chi connectivity index (χ4n) is 1.75. The standard InChI is InChI=1S/C12H14N6O2/c1-7-3-4-8(2)9(5-7)16-11-10(18(19)20)12(17-13)15-6-14-11/h3-6H,13H2,1-2H3,(H2,14,15,16,17). The summed E-state index contributed by atoms with van der Waals surface area (Å²) in [5.74, 6) is 5.28. The van der Waals surface area contributed by atoms with Gasteiger partial charge in [0.15, 0.2) is 0 Å². The highest BCUT2D eigenvalue weighted by molar-refractivity contribution is 5.74. The van der Waals surface area contributed by atoms with Gasteiger partial charge in [-0.1, -0.05) is 12.1 Å². The summed E-state index contributed by atoms with van der Waals surface area (Å²) in [5.41, 5.74) is 4.63. The van der Waals surface area contributed by atoms with Crippen molar-refractivity contribution in [2.75, 3.05) is 10.7 Å². The number of hydrogen-bond acceptors (Lipinski definition) is 7. The highest BCUT2D eigenvalue weighted by Crippen LogP contribution is 2.31. The normalized spacial score (nSPS) is 10.2. The lowest BCUT2D eigenvalue weighted by atomic mass is 10.1. The Labute approximate surface area is 115 Å². The predicted octanol–water partition coefficient (Wildman–Crippen LogP) is 2.03. The number of nitrogens with two attached hydrogens (primary N) is 1. The van der Waals surface area contributed by atoms with Crippen molar-refractivity contribution in [3.05, 3.63) is 45.8 Å². The van der Waals surface area contributed by atoms with Gasteiger partial charge in [0.05, 0.1) is 4.92 Å². The molecule has 0 saturated heterocycles. The van der Waals surface area contributed by atoms with Crippen LogP contribution in [0.15, 0.2) is 24.5 Å². The maximum absolute atomic E-state index is 11.1. The van der Waals surface area contributed by atoms with Gasteiger partial charge in [0, 0.05) is 5.69 Å². The highest BCUT2D eigenvalue weighted by atomic mass is 16.6. The first-order valence-corrected chi connectivity index (χ1v) is 5.83. The van der Waals surface area contributed by atoms with Crippen molar-refractivity contribution in [3.63, 3.8) is 0 Å². The molecule has 8 nitrogen and oxygen atoms in total. The zero-order valence-electron chi connectivity index (χ0n) is 11.0. The minimum Gasteiger partial charge on any atom is -0.334 e. The van der Waals surface area contributed by atoms with Gasteiger partial charge >= 0.3 is 5.69 Å². The van der Waals surface area contributed by atoms with Crippen molar-refractivity contribution in [3.8, 4) is 0 Å². The Morgan fingerprint density at radius 3 is 2.60 bits per heavy atom. The van der Waals surface area contributed by atoms with Gasteiger partial charge in [-0.2, -0.15) is 0 Å². The van der Waals surface area contributed by atoms with Gasteiger partial charge in [-0.05, 0) is 31.0 Å². The molecule has 0 bridgehead atoms. The summed E-state index contributed by atoms with van der Waals surface area (Å²) < 4.78 is 0. The number of aryl methyl sites for hydroxylation is 2. The third kappa shape index (κ3) is 2.64. The van der Waals surface area contributed by atoms with E-state index < -0.39 is 4.92 Å². The molecule has 0 atom stereocenters. The first kappa shape index (κ1) is 13.7. The monoisotopic (exact) mass is 274 g/mol. The number of hydrogen-bond donors (Lipinski definition) is 3. The second kappa shape index (κ2) is 5.49. The van der Waals surface area contributed by atoms with E-state index in [-0.39, 0.29) is 17.3 Å². The summed E-state index contributed by atoms with van der Waals surface area (Å²) in [5, 5.41) is 14.1. The zero-order chi connectivity index (χ0) is 14.7. The van der Waals surface area contributed by atoms with Crippen LogP contribution in [-0.4, -0.2) is 14.9 Å². The molecule has 0 unspecified atom stereocenters. The van der Waals surface area contributed by atoms with E-state index in [1.165, 1.54) is 6.33 Å². The van der Waals surface area contributed by atoms with Gasteiger partial charge in [-0.25, -0.2) is 15.8 Å². The lowest BCUT2D eigenvalue weighted by Crippen LogP contribution is -2.13. The van der Waals surface area contributed by atoms with E-state index in [9.17, 15) is 10.1 Å². The summed E-state index contributed by atoms with van der Waals surface area (Å²) in [7, 11) is 0. The van der Waals surface area contributed by atoms with Crippen LogP contribution in [0.4, 0.5) is 23.0 Å². The first-order chi connectivity index (χ1) is 9.52. The van der Waals surface area contributed by atoms with Crippen LogP contribution in [0.1, 0.15) is 11.1 Å². The van der Waals surface area contributed by atoms with Gasteiger partial charge in [0.2, 0.25) is 11.6 Å². The molecule has 1 aromatic carbocycles. The fraction of sp³-hybridized carbons (Fsp3) is 0.167. The fourth-order valence-corrected chi connectivity index (χ4v) is 1.75. The molecule has 20 heavy (non-hydrogen) atoms. The summed E-state index contributed by atoms with van der Waals surface area (Å²) in [6, 6.07) is 5.77. The van der Waals surface area contributed by atoms with Crippen molar-refractivity contribution in [1.29, 1.82) is 0 Å². The van der Waals surface area contributed by atoms with E-state index in [4.69, 9.17) is 5.84 Å². The van der Waals surface area contributed by atoms with Crippen LogP contribution in [0.5, 0.6) is 0 Å². The van der Waals surface area contributed by atoms with E-state index in [2.05, 4.69) is 20.7 Å². The summed E-state index contributed by atoms with van der Waals surface area (Å²) >= 11 is 0. The Kier molecular flexibility index (Phi) is 3.76. The van der Waals surface area contributed by atoms with Crippen molar-refractivity contribution in [2.45, 2.75) is 13.8 Å². The quantitative estimate of drug-likeness (QED) is 0.443. The average Bonchev–Trinajstić information content (AvgIpc) is 2.42. The second-order valence-electron chi connectivity index (χ2n) is 4.26. The molecule has 4 N–H and O–H groups in total. The smallest absolute Gasteiger partial charge is 0.334 e. The molecule has 2 aromatic rings. The van der Waals surface area contributed by atoms with Gasteiger partial charge in [0.1, 0.15) is 6.33 Å². The van der Waals surface area contributed by atoms with Crippen molar-refractivity contribution in [2.24, 2.45) is 5.84 Å². The minimum atomic E-state index is -0.581. The molecule has 0 spiro atoms. The van der Waals surface area contributed by atoms with E-state index in [0.717, 1.165) is 16.8 Å². The number of benzene rings is 1. The largest absolute Gasteiger partial charge is 0.354 e. The summed E-state index contributed by atoms with van der Waals surface area (Å²) in [4.78, 5) is 18.2. The Bertz CT molecular complexity index is 658. The van der Waals surface area contributed by atoms with E-state index in [0.29, 0.717) is 0 Å².